The number of hydrogen-bond donors (Lipinski definition) is 0. The van der Waals surface area contributed by atoms with Crippen LogP contribution in [0.25, 0.3) is 0 Å². The van der Waals surface area contributed by atoms with E-state index in [0.717, 1.165) is 23.7 Å². The van der Waals surface area contributed by atoms with Crippen LogP contribution in [0, 0.1) is 23.7 Å². The molecule has 4 unspecified atom stereocenters. The number of fused-ring (bicyclic) bond motifs is 1. The Labute approximate surface area is 82.2 Å². The first-order chi connectivity index (χ1) is 5.77. The van der Waals surface area contributed by atoms with Gasteiger partial charge in [0.1, 0.15) is 0 Å². The number of rotatable bonds is 0. The van der Waals surface area contributed by atoms with Gasteiger partial charge < -0.3 is 5.48 Å². The summed E-state index contributed by atoms with van der Waals surface area (Å²) < 4.78 is 0. The molecule has 0 aromatic heterocycles. The topological polar surface area (TPSA) is 31.5 Å². The third-order valence-electron chi connectivity index (χ3n) is 4.39. The van der Waals surface area contributed by atoms with Crippen molar-refractivity contribution in [1.29, 1.82) is 0 Å². The second kappa shape index (κ2) is 4.45. The lowest BCUT2D eigenvalue weighted by molar-refractivity contribution is 0.0942. The van der Waals surface area contributed by atoms with Gasteiger partial charge in [0.2, 0.25) is 0 Å². The van der Waals surface area contributed by atoms with Crippen LogP contribution >= 0.6 is 0 Å². The minimum Gasteiger partial charge on any atom is -0.412 e. The molecule has 0 aromatic carbocycles. The molecule has 2 fully saturated rings. The van der Waals surface area contributed by atoms with E-state index in [4.69, 9.17) is 0 Å². The van der Waals surface area contributed by atoms with E-state index in [0.29, 0.717) is 0 Å². The highest BCUT2D eigenvalue weighted by Gasteiger charge is 2.33. The molecule has 0 aliphatic heterocycles. The van der Waals surface area contributed by atoms with Crippen molar-refractivity contribution in [3.63, 3.8) is 0 Å². The van der Waals surface area contributed by atoms with Crippen molar-refractivity contribution < 1.29 is 5.48 Å². The van der Waals surface area contributed by atoms with Gasteiger partial charge in [-0.2, -0.15) is 0 Å². The average molecular weight is 184 g/mol. The third kappa shape index (κ3) is 2.25. The molecule has 78 valence electrons. The third-order valence-corrected chi connectivity index (χ3v) is 4.39. The summed E-state index contributed by atoms with van der Waals surface area (Å²) in [5.74, 6) is 4.24. The monoisotopic (exact) mass is 184 g/mol. The zero-order valence-corrected chi connectivity index (χ0v) is 9.05. The van der Waals surface area contributed by atoms with Gasteiger partial charge in [-0.05, 0) is 36.5 Å². The van der Waals surface area contributed by atoms with Gasteiger partial charge in [-0.15, -0.1) is 0 Å². The highest BCUT2D eigenvalue weighted by atomic mass is 16.0. The Morgan fingerprint density at radius 1 is 0.769 bits per heavy atom. The highest BCUT2D eigenvalue weighted by Crippen LogP contribution is 2.44. The first-order valence-electron chi connectivity index (χ1n) is 5.77. The molecule has 0 amide bonds. The van der Waals surface area contributed by atoms with Crippen molar-refractivity contribution in [3.05, 3.63) is 0 Å². The predicted molar refractivity (Wildman–Crippen MR) is 56.6 cm³/mol. The van der Waals surface area contributed by atoms with Crippen LogP contribution in [0.15, 0.2) is 0 Å². The quantitative estimate of drug-likeness (QED) is 0.554. The van der Waals surface area contributed by atoms with Crippen molar-refractivity contribution >= 4 is 0 Å². The molecule has 0 spiro atoms. The lowest BCUT2D eigenvalue weighted by Crippen LogP contribution is -2.31. The van der Waals surface area contributed by atoms with E-state index < -0.39 is 0 Å². The van der Waals surface area contributed by atoms with Gasteiger partial charge >= 0.3 is 0 Å². The summed E-state index contributed by atoms with van der Waals surface area (Å²) in [5.41, 5.74) is 0. The maximum Gasteiger partial charge on any atom is -0.0383 e. The SMILES string of the molecule is CC1CC2CCCCC2CC1C.O. The second-order valence-corrected chi connectivity index (χ2v) is 5.23. The molecular formula is C12H24O. The van der Waals surface area contributed by atoms with Gasteiger partial charge in [-0.1, -0.05) is 39.5 Å². The molecule has 13 heavy (non-hydrogen) atoms. The Kier molecular flexibility index (Phi) is 3.78. The molecule has 2 aliphatic rings. The molecule has 4 atom stereocenters. The fourth-order valence-corrected chi connectivity index (χ4v) is 3.32. The van der Waals surface area contributed by atoms with Crippen molar-refractivity contribution in [3.8, 4) is 0 Å². The molecule has 2 aliphatic carbocycles. The Morgan fingerprint density at radius 2 is 1.15 bits per heavy atom. The summed E-state index contributed by atoms with van der Waals surface area (Å²) in [7, 11) is 0. The molecule has 2 saturated carbocycles. The lowest BCUT2D eigenvalue weighted by atomic mass is 9.64. The largest absolute Gasteiger partial charge is 0.412 e. The van der Waals surface area contributed by atoms with Crippen molar-refractivity contribution in [2.24, 2.45) is 23.7 Å². The van der Waals surface area contributed by atoms with Crippen molar-refractivity contribution in [2.75, 3.05) is 0 Å². The summed E-state index contributed by atoms with van der Waals surface area (Å²) in [6, 6.07) is 0. The molecule has 0 aromatic rings. The smallest absolute Gasteiger partial charge is 0.0383 e. The predicted octanol–water partition coefficient (Wildman–Crippen LogP) is 3.03. The molecule has 2 N–H and O–H groups in total. The van der Waals surface area contributed by atoms with E-state index in [1.165, 1.54) is 25.7 Å². The minimum absolute atomic E-state index is 0. The first kappa shape index (κ1) is 11.0. The van der Waals surface area contributed by atoms with Gasteiger partial charge in [0.05, 0.1) is 0 Å². The zero-order chi connectivity index (χ0) is 8.55. The van der Waals surface area contributed by atoms with Gasteiger partial charge in [-0.3, -0.25) is 0 Å². The summed E-state index contributed by atoms with van der Waals surface area (Å²) >= 11 is 0. The Morgan fingerprint density at radius 3 is 1.54 bits per heavy atom. The maximum atomic E-state index is 2.45. The lowest BCUT2D eigenvalue weighted by Gasteiger charge is -2.41. The molecule has 1 heteroatoms. The van der Waals surface area contributed by atoms with E-state index in [1.807, 2.05) is 0 Å². The standard InChI is InChI=1S/C12H22.H2O/c1-9-7-11-5-3-4-6-12(11)8-10(9)2;/h9-12H,3-8H2,1-2H3;1H2. The fourth-order valence-electron chi connectivity index (χ4n) is 3.32. The Bertz CT molecular complexity index is 137. The molecule has 0 saturated heterocycles. The van der Waals surface area contributed by atoms with Crippen LogP contribution in [0.3, 0.4) is 0 Å². The van der Waals surface area contributed by atoms with E-state index >= 15 is 0 Å². The van der Waals surface area contributed by atoms with Crippen LogP contribution in [0.5, 0.6) is 0 Å². The summed E-state index contributed by atoms with van der Waals surface area (Å²) in [4.78, 5) is 0. The van der Waals surface area contributed by atoms with E-state index in [2.05, 4.69) is 13.8 Å². The van der Waals surface area contributed by atoms with Crippen LogP contribution in [0.2, 0.25) is 0 Å². The molecular weight excluding hydrogens is 160 g/mol. The normalized spacial score (nSPS) is 44.8. The van der Waals surface area contributed by atoms with E-state index in [9.17, 15) is 0 Å². The average Bonchev–Trinajstić information content (AvgIpc) is 2.07. The van der Waals surface area contributed by atoms with Crippen molar-refractivity contribution in [1.82, 2.24) is 0 Å². The molecule has 2 rings (SSSR count). The van der Waals surface area contributed by atoms with E-state index in [-0.39, 0.29) is 5.48 Å². The van der Waals surface area contributed by atoms with E-state index in [1.54, 1.807) is 12.8 Å². The minimum atomic E-state index is 0. The Hall–Kier alpha value is -0.0400. The van der Waals surface area contributed by atoms with Crippen LogP contribution in [-0.4, -0.2) is 5.48 Å². The second-order valence-electron chi connectivity index (χ2n) is 5.23. The summed E-state index contributed by atoms with van der Waals surface area (Å²) in [5, 5.41) is 0. The van der Waals surface area contributed by atoms with Crippen LogP contribution in [0.4, 0.5) is 0 Å². The zero-order valence-electron chi connectivity index (χ0n) is 9.05. The molecule has 0 bridgehead atoms. The Balaban J connectivity index is 0.000000845. The van der Waals surface area contributed by atoms with Gasteiger partial charge in [-0.25, -0.2) is 0 Å². The fraction of sp³-hybridized carbons (Fsp3) is 1.00. The van der Waals surface area contributed by atoms with Crippen LogP contribution in [-0.2, 0) is 0 Å². The van der Waals surface area contributed by atoms with Crippen LogP contribution < -0.4 is 0 Å². The number of hydrogen-bond acceptors (Lipinski definition) is 0. The van der Waals surface area contributed by atoms with Crippen molar-refractivity contribution in [2.45, 2.75) is 52.4 Å². The summed E-state index contributed by atoms with van der Waals surface area (Å²) in [6.07, 6.45) is 9.19. The van der Waals surface area contributed by atoms with Crippen LogP contribution in [0.1, 0.15) is 52.4 Å². The van der Waals surface area contributed by atoms with Gasteiger partial charge in [0, 0.05) is 0 Å². The van der Waals surface area contributed by atoms with Gasteiger partial charge in [0.15, 0.2) is 0 Å². The first-order valence-corrected chi connectivity index (χ1v) is 5.77. The highest BCUT2D eigenvalue weighted by molar-refractivity contribution is 4.84. The molecule has 1 nitrogen and oxygen atoms in total. The summed E-state index contributed by atoms with van der Waals surface area (Å²) in [6.45, 7) is 4.91. The van der Waals surface area contributed by atoms with Gasteiger partial charge in [0.25, 0.3) is 0 Å². The molecule has 0 heterocycles. The molecule has 0 radical (unpaired) electrons. The maximum absolute atomic E-state index is 2.45.